The number of carbonyl (C=O) groups excluding carboxylic acids is 1. The van der Waals surface area contributed by atoms with Crippen LogP contribution in [0.2, 0.25) is 5.02 Å². The average Bonchev–Trinajstić information content (AvgIpc) is 2.77. The van der Waals surface area contributed by atoms with Crippen LogP contribution in [0, 0.1) is 19.7 Å². The number of hydrogen-bond donors (Lipinski definition) is 1. The maximum absolute atomic E-state index is 13.8. The van der Waals surface area contributed by atoms with Crippen LogP contribution in [0.1, 0.15) is 21.7 Å². The Labute approximate surface area is 137 Å². The maximum atomic E-state index is 13.8. The van der Waals surface area contributed by atoms with Crippen molar-refractivity contribution in [1.82, 2.24) is 14.8 Å². The molecule has 0 bridgehead atoms. The van der Waals surface area contributed by atoms with E-state index in [9.17, 15) is 9.18 Å². The van der Waals surface area contributed by atoms with Gasteiger partial charge in [0.05, 0.1) is 22.3 Å². The van der Waals surface area contributed by atoms with Crippen LogP contribution in [-0.2, 0) is 7.05 Å². The molecule has 23 heavy (non-hydrogen) atoms. The number of hydrogen-bond acceptors (Lipinski definition) is 3. The zero-order valence-electron chi connectivity index (χ0n) is 12.8. The second-order valence-corrected chi connectivity index (χ2v) is 5.73. The summed E-state index contributed by atoms with van der Waals surface area (Å²) in [5, 5.41) is 7.85. The monoisotopic (exact) mass is 332 g/mol. The number of nitrogens with one attached hydrogen (secondary N) is 1. The van der Waals surface area contributed by atoms with Crippen LogP contribution in [0.25, 0.3) is 11.0 Å². The average molecular weight is 333 g/mol. The maximum Gasteiger partial charge on any atom is 0.256 e. The number of benzene rings is 1. The molecule has 1 aromatic carbocycles. The van der Waals surface area contributed by atoms with Crippen LogP contribution in [-0.4, -0.2) is 20.7 Å². The Morgan fingerprint density at radius 1 is 1.30 bits per heavy atom. The predicted molar refractivity (Wildman–Crippen MR) is 87.3 cm³/mol. The van der Waals surface area contributed by atoms with Crippen LogP contribution < -0.4 is 5.32 Å². The second kappa shape index (κ2) is 5.62. The molecule has 3 rings (SSSR count). The number of aryl methyl sites for hydroxylation is 3. The van der Waals surface area contributed by atoms with E-state index in [0.29, 0.717) is 33.0 Å². The third-order valence-corrected chi connectivity index (χ3v) is 3.75. The van der Waals surface area contributed by atoms with Gasteiger partial charge in [-0.3, -0.25) is 9.48 Å². The van der Waals surface area contributed by atoms with Gasteiger partial charge in [0, 0.05) is 17.8 Å². The van der Waals surface area contributed by atoms with E-state index in [1.165, 1.54) is 18.2 Å². The highest BCUT2D eigenvalue weighted by atomic mass is 35.5. The Kier molecular flexibility index (Phi) is 3.77. The fourth-order valence-electron chi connectivity index (χ4n) is 2.53. The summed E-state index contributed by atoms with van der Waals surface area (Å²) in [4.78, 5) is 17.0. The lowest BCUT2D eigenvalue weighted by molar-refractivity contribution is 0.102. The summed E-state index contributed by atoms with van der Waals surface area (Å²) in [6.45, 7) is 3.59. The first-order chi connectivity index (χ1) is 10.9. The normalized spacial score (nSPS) is 11.0. The summed E-state index contributed by atoms with van der Waals surface area (Å²) in [7, 11) is 1.76. The third kappa shape index (κ3) is 2.77. The molecule has 0 radical (unpaired) electrons. The van der Waals surface area contributed by atoms with Gasteiger partial charge < -0.3 is 5.32 Å². The zero-order valence-corrected chi connectivity index (χ0v) is 13.6. The first kappa shape index (κ1) is 15.4. The molecule has 3 aromatic rings. The minimum absolute atomic E-state index is 0.0339. The van der Waals surface area contributed by atoms with Gasteiger partial charge in [-0.2, -0.15) is 5.10 Å². The number of nitrogens with zero attached hydrogens (tertiary/aromatic N) is 3. The summed E-state index contributed by atoms with van der Waals surface area (Å²) in [6.07, 6.45) is 0. The minimum Gasteiger partial charge on any atom is -0.319 e. The van der Waals surface area contributed by atoms with Gasteiger partial charge in [0.25, 0.3) is 5.91 Å². The first-order valence-electron chi connectivity index (χ1n) is 6.94. The molecule has 2 heterocycles. The van der Waals surface area contributed by atoms with Crippen molar-refractivity contribution in [2.75, 3.05) is 5.32 Å². The molecule has 0 aliphatic rings. The van der Waals surface area contributed by atoms with Gasteiger partial charge in [-0.15, -0.1) is 0 Å². The Morgan fingerprint density at radius 3 is 2.78 bits per heavy atom. The second-order valence-electron chi connectivity index (χ2n) is 5.30. The molecule has 1 amide bonds. The molecule has 0 unspecified atom stereocenters. The van der Waals surface area contributed by atoms with Crippen molar-refractivity contribution in [3.05, 3.63) is 52.1 Å². The fraction of sp³-hybridized carbons (Fsp3) is 0.188. The zero-order chi connectivity index (χ0) is 16.7. The highest BCUT2D eigenvalue weighted by Crippen LogP contribution is 2.24. The highest BCUT2D eigenvalue weighted by molar-refractivity contribution is 6.31. The highest BCUT2D eigenvalue weighted by Gasteiger charge is 2.18. The molecule has 0 saturated heterocycles. The van der Waals surface area contributed by atoms with Crippen molar-refractivity contribution in [1.29, 1.82) is 0 Å². The van der Waals surface area contributed by atoms with Gasteiger partial charge in [-0.25, -0.2) is 9.37 Å². The van der Waals surface area contributed by atoms with Crippen molar-refractivity contribution >= 4 is 34.2 Å². The predicted octanol–water partition coefficient (Wildman–Crippen LogP) is 3.63. The summed E-state index contributed by atoms with van der Waals surface area (Å²) < 4.78 is 15.4. The number of halogens is 2. The molecule has 0 aliphatic carbocycles. The van der Waals surface area contributed by atoms with Gasteiger partial charge in [-0.1, -0.05) is 11.6 Å². The van der Waals surface area contributed by atoms with Gasteiger partial charge in [0.1, 0.15) is 5.82 Å². The van der Waals surface area contributed by atoms with E-state index in [1.54, 1.807) is 31.6 Å². The number of amides is 1. The summed E-state index contributed by atoms with van der Waals surface area (Å²) in [5.41, 5.74) is 2.41. The molecule has 2 aromatic heterocycles. The molecule has 1 N–H and O–H groups in total. The quantitative estimate of drug-likeness (QED) is 0.779. The van der Waals surface area contributed by atoms with Crippen LogP contribution in [0.3, 0.4) is 0 Å². The lowest BCUT2D eigenvalue weighted by Gasteiger charge is -2.09. The lowest BCUT2D eigenvalue weighted by Crippen LogP contribution is -2.14. The number of aromatic nitrogens is 3. The molecule has 0 atom stereocenters. The largest absolute Gasteiger partial charge is 0.319 e. The van der Waals surface area contributed by atoms with Gasteiger partial charge in [0.2, 0.25) is 0 Å². The summed E-state index contributed by atoms with van der Waals surface area (Å²) in [5.74, 6) is -0.981. The van der Waals surface area contributed by atoms with Crippen LogP contribution >= 0.6 is 11.6 Å². The number of anilines is 1. The third-order valence-electron chi connectivity index (χ3n) is 3.52. The van der Waals surface area contributed by atoms with Crippen molar-refractivity contribution in [2.45, 2.75) is 13.8 Å². The Bertz CT molecular complexity index is 935. The van der Waals surface area contributed by atoms with Crippen molar-refractivity contribution in [3.8, 4) is 0 Å². The standard InChI is InChI=1S/C16H14ClFN4O/c1-8-6-11(14-9(2)21-22(3)15(14)19-8)16(23)20-13-7-10(17)4-5-12(13)18/h4-7H,1-3H3,(H,20,23). The fourth-order valence-corrected chi connectivity index (χ4v) is 2.70. The molecule has 5 nitrogen and oxygen atoms in total. The number of carbonyl (C=O) groups is 1. The molecule has 0 fully saturated rings. The number of fused-ring (bicyclic) bond motifs is 1. The van der Waals surface area contributed by atoms with Crippen molar-refractivity contribution in [3.63, 3.8) is 0 Å². The molecule has 0 aliphatic heterocycles. The number of rotatable bonds is 2. The summed E-state index contributed by atoms with van der Waals surface area (Å²) in [6, 6.07) is 5.66. The molecule has 7 heteroatoms. The van der Waals surface area contributed by atoms with Crippen LogP contribution in [0.4, 0.5) is 10.1 Å². The Hall–Kier alpha value is -2.47. The molecule has 118 valence electrons. The summed E-state index contributed by atoms with van der Waals surface area (Å²) >= 11 is 5.85. The van der Waals surface area contributed by atoms with E-state index in [0.717, 1.165) is 0 Å². The SMILES string of the molecule is Cc1cc(C(=O)Nc2cc(Cl)ccc2F)c2c(C)nn(C)c2n1. The van der Waals surface area contributed by atoms with Crippen molar-refractivity contribution < 1.29 is 9.18 Å². The smallest absolute Gasteiger partial charge is 0.256 e. The topological polar surface area (TPSA) is 59.8 Å². The number of pyridine rings is 1. The van der Waals surface area contributed by atoms with E-state index < -0.39 is 11.7 Å². The van der Waals surface area contributed by atoms with E-state index in [1.807, 2.05) is 0 Å². The Balaban J connectivity index is 2.09. The van der Waals surface area contributed by atoms with E-state index in [4.69, 9.17) is 11.6 Å². The van der Waals surface area contributed by atoms with E-state index in [2.05, 4.69) is 15.4 Å². The molecule has 0 spiro atoms. The molecular formula is C16H14ClFN4O. The first-order valence-corrected chi connectivity index (χ1v) is 7.32. The van der Waals surface area contributed by atoms with Crippen LogP contribution in [0.15, 0.2) is 24.3 Å². The van der Waals surface area contributed by atoms with Crippen molar-refractivity contribution in [2.24, 2.45) is 7.05 Å². The van der Waals surface area contributed by atoms with Gasteiger partial charge >= 0.3 is 0 Å². The van der Waals surface area contributed by atoms with E-state index in [-0.39, 0.29) is 5.69 Å². The Morgan fingerprint density at radius 2 is 2.04 bits per heavy atom. The van der Waals surface area contributed by atoms with E-state index >= 15 is 0 Å². The van der Waals surface area contributed by atoms with Gasteiger partial charge in [-0.05, 0) is 38.1 Å². The minimum atomic E-state index is -0.548. The molecular weight excluding hydrogens is 319 g/mol. The van der Waals surface area contributed by atoms with Crippen LogP contribution in [0.5, 0.6) is 0 Å². The van der Waals surface area contributed by atoms with Gasteiger partial charge in [0.15, 0.2) is 5.65 Å². The molecule has 0 saturated carbocycles. The lowest BCUT2D eigenvalue weighted by atomic mass is 10.1.